The molecule has 1 aromatic rings. The Morgan fingerprint density at radius 1 is 1.35 bits per heavy atom. The molecule has 0 aromatic carbocycles. The van der Waals surface area contributed by atoms with Crippen molar-refractivity contribution in [2.24, 2.45) is 5.92 Å². The summed E-state index contributed by atoms with van der Waals surface area (Å²) in [6, 6.07) is 3.71. The van der Waals surface area contributed by atoms with Crippen molar-refractivity contribution in [2.45, 2.75) is 46.0 Å². The number of aromatic nitrogens is 1. The van der Waals surface area contributed by atoms with E-state index in [9.17, 15) is 9.46 Å². The Bertz CT molecular complexity index is 411. The molecule has 0 saturated heterocycles. The lowest BCUT2D eigenvalue weighted by Crippen LogP contribution is -2.09. The Morgan fingerprint density at radius 2 is 2.05 bits per heavy atom. The van der Waals surface area contributed by atoms with Crippen LogP contribution in [0.5, 0.6) is 0 Å². The number of aryl methyl sites for hydroxylation is 1. The van der Waals surface area contributed by atoms with Crippen molar-refractivity contribution in [1.82, 2.24) is 4.98 Å². The van der Waals surface area contributed by atoms with E-state index in [0.29, 0.717) is 18.9 Å². The fraction of sp³-hybridized carbons (Fsp3) is 0.667. The van der Waals surface area contributed by atoms with Crippen LogP contribution in [0.15, 0.2) is 24.5 Å². The number of hydrogen-bond donors (Lipinski definition) is 1. The first-order valence-corrected chi connectivity index (χ1v) is 9.19. The molecule has 0 fully saturated rings. The summed E-state index contributed by atoms with van der Waals surface area (Å²) in [5.41, 5.74) is 1.01. The number of hydrogen-bond acceptors (Lipinski definition) is 3. The van der Waals surface area contributed by atoms with E-state index in [1.54, 1.807) is 12.4 Å². The molecule has 1 rings (SSSR count). The summed E-state index contributed by atoms with van der Waals surface area (Å²) in [5, 5.41) is 0. The second-order valence-electron chi connectivity index (χ2n) is 5.18. The van der Waals surface area contributed by atoms with Gasteiger partial charge in [0.1, 0.15) is 0 Å². The summed E-state index contributed by atoms with van der Waals surface area (Å²) in [5.74, 6) is 0.386. The Balaban J connectivity index is 2.35. The van der Waals surface area contributed by atoms with Gasteiger partial charge in [0.15, 0.2) is 0 Å². The summed E-state index contributed by atoms with van der Waals surface area (Å²) < 4.78 is 17.3. The molecular weight excluding hydrogens is 273 g/mol. The van der Waals surface area contributed by atoms with Gasteiger partial charge in [-0.2, -0.15) is 0 Å². The van der Waals surface area contributed by atoms with Gasteiger partial charge in [0.05, 0.1) is 12.8 Å². The van der Waals surface area contributed by atoms with Crippen LogP contribution in [-0.2, 0) is 15.5 Å². The van der Waals surface area contributed by atoms with Crippen LogP contribution in [0.25, 0.3) is 0 Å². The van der Waals surface area contributed by atoms with Crippen LogP contribution in [0.2, 0.25) is 0 Å². The molecule has 0 amide bonds. The molecule has 0 saturated carbocycles. The van der Waals surface area contributed by atoms with Gasteiger partial charge in [-0.15, -0.1) is 0 Å². The van der Waals surface area contributed by atoms with E-state index in [-0.39, 0.29) is 6.16 Å². The van der Waals surface area contributed by atoms with Crippen molar-refractivity contribution in [3.05, 3.63) is 30.1 Å². The minimum atomic E-state index is -3.48. The maximum Gasteiger partial charge on any atom is 0.328 e. The highest BCUT2D eigenvalue weighted by Gasteiger charge is 2.21. The normalized spacial score (nSPS) is 15.8. The molecule has 0 bridgehead atoms. The van der Waals surface area contributed by atoms with E-state index < -0.39 is 7.60 Å². The first-order valence-electron chi connectivity index (χ1n) is 7.42. The molecule has 0 aliphatic rings. The lowest BCUT2D eigenvalue weighted by atomic mass is 10.0. The Labute approximate surface area is 122 Å². The largest absolute Gasteiger partial charge is 0.328 e. The highest BCUT2D eigenvalue weighted by Crippen LogP contribution is 2.43. The second kappa shape index (κ2) is 9.28. The molecule has 1 N–H and O–H groups in total. The Kier molecular flexibility index (Phi) is 8.05. The van der Waals surface area contributed by atoms with Crippen LogP contribution in [-0.4, -0.2) is 22.6 Å². The van der Waals surface area contributed by atoms with E-state index in [1.807, 2.05) is 12.1 Å². The van der Waals surface area contributed by atoms with Crippen molar-refractivity contribution < 1.29 is 14.0 Å². The smallest absolute Gasteiger partial charge is 0.324 e. The van der Waals surface area contributed by atoms with Gasteiger partial charge >= 0.3 is 7.60 Å². The van der Waals surface area contributed by atoms with Crippen LogP contribution in [0.4, 0.5) is 0 Å². The maximum atomic E-state index is 12.0. The van der Waals surface area contributed by atoms with Gasteiger partial charge in [0.2, 0.25) is 0 Å². The first-order chi connectivity index (χ1) is 9.57. The van der Waals surface area contributed by atoms with Crippen molar-refractivity contribution >= 4 is 7.60 Å². The third-order valence-electron chi connectivity index (χ3n) is 3.49. The monoisotopic (exact) mass is 299 g/mol. The molecule has 0 aliphatic heterocycles. The van der Waals surface area contributed by atoms with E-state index in [1.165, 1.54) is 0 Å². The minimum absolute atomic E-state index is 0.168. The van der Waals surface area contributed by atoms with Gasteiger partial charge in [-0.25, -0.2) is 0 Å². The zero-order valence-corrected chi connectivity index (χ0v) is 13.4. The van der Waals surface area contributed by atoms with Gasteiger partial charge in [0.25, 0.3) is 0 Å². The molecule has 0 radical (unpaired) electrons. The van der Waals surface area contributed by atoms with Crippen LogP contribution in [0.1, 0.15) is 45.1 Å². The molecule has 1 aromatic heterocycles. The quantitative estimate of drug-likeness (QED) is 0.662. The van der Waals surface area contributed by atoms with Crippen molar-refractivity contribution in [3.63, 3.8) is 0 Å². The number of pyridine rings is 1. The summed E-state index contributed by atoms with van der Waals surface area (Å²) in [6.45, 7) is 4.64. The second-order valence-corrected chi connectivity index (χ2v) is 7.16. The highest BCUT2D eigenvalue weighted by atomic mass is 31.2. The zero-order chi connectivity index (χ0) is 14.8. The molecule has 5 heteroatoms. The number of rotatable bonds is 10. The van der Waals surface area contributed by atoms with Crippen molar-refractivity contribution in [2.75, 3.05) is 12.8 Å². The fourth-order valence-electron chi connectivity index (χ4n) is 2.00. The van der Waals surface area contributed by atoms with E-state index in [4.69, 9.17) is 4.52 Å². The van der Waals surface area contributed by atoms with E-state index in [0.717, 1.165) is 31.2 Å². The summed E-state index contributed by atoms with van der Waals surface area (Å²) in [7, 11) is -3.48. The zero-order valence-electron chi connectivity index (χ0n) is 12.5. The molecule has 0 aliphatic carbocycles. The van der Waals surface area contributed by atoms with Crippen molar-refractivity contribution in [3.8, 4) is 0 Å². The predicted octanol–water partition coefficient (Wildman–Crippen LogP) is 4.04. The third-order valence-corrected chi connectivity index (χ3v) is 4.83. The highest BCUT2D eigenvalue weighted by molar-refractivity contribution is 7.52. The summed E-state index contributed by atoms with van der Waals surface area (Å²) in [4.78, 5) is 13.8. The lowest BCUT2D eigenvalue weighted by Gasteiger charge is -2.18. The topological polar surface area (TPSA) is 59.4 Å². The van der Waals surface area contributed by atoms with E-state index in [2.05, 4.69) is 18.8 Å². The predicted molar refractivity (Wildman–Crippen MR) is 81.9 cm³/mol. The third kappa shape index (κ3) is 7.18. The van der Waals surface area contributed by atoms with E-state index >= 15 is 0 Å². The lowest BCUT2D eigenvalue weighted by molar-refractivity contribution is 0.204. The van der Waals surface area contributed by atoms with Gasteiger partial charge in [0, 0.05) is 12.4 Å². The Hall–Kier alpha value is -0.700. The standard InChI is InChI=1S/C15H26NO3P/c1-3-5-6-14(4-2)13-19-20(17,18)12-9-15-7-10-16-11-8-15/h7-8,10-11,14H,3-6,9,12-13H2,1-2H3,(H,17,18). The fourth-order valence-corrected chi connectivity index (χ4v) is 3.12. The first kappa shape index (κ1) is 17.4. The van der Waals surface area contributed by atoms with Crippen LogP contribution in [0.3, 0.4) is 0 Å². The van der Waals surface area contributed by atoms with Gasteiger partial charge in [-0.1, -0.05) is 33.1 Å². The minimum Gasteiger partial charge on any atom is -0.324 e. The van der Waals surface area contributed by atoms with Crippen LogP contribution in [0, 0.1) is 5.92 Å². The molecule has 4 nitrogen and oxygen atoms in total. The molecule has 0 spiro atoms. The molecule has 20 heavy (non-hydrogen) atoms. The van der Waals surface area contributed by atoms with Gasteiger partial charge < -0.3 is 9.42 Å². The van der Waals surface area contributed by atoms with Crippen molar-refractivity contribution in [1.29, 1.82) is 0 Å². The van der Waals surface area contributed by atoms with Crippen LogP contribution < -0.4 is 0 Å². The molecule has 2 atom stereocenters. The van der Waals surface area contributed by atoms with Gasteiger partial charge in [-0.3, -0.25) is 9.55 Å². The average molecular weight is 299 g/mol. The summed E-state index contributed by atoms with van der Waals surface area (Å²) in [6.07, 6.45) is 8.45. The SMILES string of the molecule is CCCCC(CC)COP(=O)(O)CCc1ccncc1. The Morgan fingerprint density at radius 3 is 2.65 bits per heavy atom. The van der Waals surface area contributed by atoms with Crippen LogP contribution >= 0.6 is 7.60 Å². The average Bonchev–Trinajstić information content (AvgIpc) is 2.47. The molecule has 1 heterocycles. The number of unbranched alkanes of at least 4 members (excludes halogenated alkanes) is 1. The molecule has 114 valence electrons. The summed E-state index contributed by atoms with van der Waals surface area (Å²) >= 11 is 0. The number of nitrogens with zero attached hydrogens (tertiary/aromatic N) is 1. The molecule has 2 unspecified atom stereocenters. The molecular formula is C15H26NO3P. The maximum absolute atomic E-state index is 12.0. The van der Waals surface area contributed by atoms with Gasteiger partial charge in [-0.05, 0) is 36.5 Å².